The predicted molar refractivity (Wildman–Crippen MR) is 68.1 cm³/mol. The highest BCUT2D eigenvalue weighted by Crippen LogP contribution is 2.33. The van der Waals surface area contributed by atoms with Gasteiger partial charge in [-0.2, -0.15) is 0 Å². The molecular formula is C13H20N2O. The Morgan fingerprint density at radius 2 is 1.81 bits per heavy atom. The van der Waals surface area contributed by atoms with Crippen LogP contribution >= 0.6 is 0 Å². The molecule has 2 N–H and O–H groups in total. The van der Waals surface area contributed by atoms with Crippen LogP contribution in [0.15, 0.2) is 18.2 Å². The fourth-order valence-electron chi connectivity index (χ4n) is 2.30. The third-order valence-electron chi connectivity index (χ3n) is 3.21. The number of hydrogen-bond donors (Lipinski definition) is 1. The maximum atomic E-state index is 6.11. The molecular weight excluding hydrogens is 200 g/mol. The lowest BCUT2D eigenvalue weighted by atomic mass is 10.2. The SMILES string of the molecule is COc1cccc(N2CCCCCC2)c1N. The van der Waals surface area contributed by atoms with E-state index in [0.29, 0.717) is 0 Å². The topological polar surface area (TPSA) is 38.5 Å². The number of nitrogens with two attached hydrogens (primary N) is 1. The summed E-state index contributed by atoms with van der Waals surface area (Å²) in [5.74, 6) is 0.779. The van der Waals surface area contributed by atoms with Gasteiger partial charge in [0.15, 0.2) is 0 Å². The van der Waals surface area contributed by atoms with Gasteiger partial charge in [0.1, 0.15) is 5.75 Å². The molecule has 0 spiro atoms. The highest BCUT2D eigenvalue weighted by Gasteiger charge is 2.14. The zero-order valence-electron chi connectivity index (χ0n) is 9.91. The monoisotopic (exact) mass is 220 g/mol. The van der Waals surface area contributed by atoms with Crippen LogP contribution in [-0.4, -0.2) is 20.2 Å². The summed E-state index contributed by atoms with van der Waals surface area (Å²) in [5.41, 5.74) is 8.01. The summed E-state index contributed by atoms with van der Waals surface area (Å²) < 4.78 is 5.26. The number of methoxy groups -OCH3 is 1. The molecule has 2 rings (SSSR count). The summed E-state index contributed by atoms with van der Waals surface area (Å²) in [6.07, 6.45) is 5.19. The van der Waals surface area contributed by atoms with Crippen LogP contribution in [0, 0.1) is 0 Å². The molecule has 0 atom stereocenters. The van der Waals surface area contributed by atoms with Crippen molar-refractivity contribution in [2.24, 2.45) is 0 Å². The lowest BCUT2D eigenvalue weighted by molar-refractivity contribution is 0.417. The minimum Gasteiger partial charge on any atom is -0.495 e. The van der Waals surface area contributed by atoms with E-state index in [1.165, 1.54) is 25.7 Å². The molecule has 0 aromatic heterocycles. The molecule has 0 unspecified atom stereocenters. The van der Waals surface area contributed by atoms with Gasteiger partial charge in [-0.3, -0.25) is 0 Å². The van der Waals surface area contributed by atoms with E-state index < -0.39 is 0 Å². The molecule has 1 heterocycles. The van der Waals surface area contributed by atoms with E-state index in [1.807, 2.05) is 12.1 Å². The standard InChI is InChI=1S/C13H20N2O/c1-16-12-8-6-7-11(13(12)14)15-9-4-2-3-5-10-15/h6-8H,2-5,9-10,14H2,1H3. The second kappa shape index (κ2) is 5.10. The number of nitrogen functional groups attached to an aromatic ring is 1. The third kappa shape index (κ3) is 2.23. The molecule has 1 aliphatic rings. The first-order valence-electron chi connectivity index (χ1n) is 6.00. The highest BCUT2D eigenvalue weighted by atomic mass is 16.5. The van der Waals surface area contributed by atoms with Crippen LogP contribution < -0.4 is 15.4 Å². The van der Waals surface area contributed by atoms with Gasteiger partial charge >= 0.3 is 0 Å². The van der Waals surface area contributed by atoms with Gasteiger partial charge in [-0.05, 0) is 25.0 Å². The zero-order valence-corrected chi connectivity index (χ0v) is 9.91. The van der Waals surface area contributed by atoms with Gasteiger partial charge in [-0.15, -0.1) is 0 Å². The molecule has 0 saturated carbocycles. The first-order chi connectivity index (χ1) is 7.83. The van der Waals surface area contributed by atoms with Crippen LogP contribution in [0.2, 0.25) is 0 Å². The molecule has 0 bridgehead atoms. The van der Waals surface area contributed by atoms with E-state index in [2.05, 4.69) is 11.0 Å². The third-order valence-corrected chi connectivity index (χ3v) is 3.21. The van der Waals surface area contributed by atoms with Gasteiger partial charge in [0, 0.05) is 13.1 Å². The largest absolute Gasteiger partial charge is 0.495 e. The van der Waals surface area contributed by atoms with Crippen molar-refractivity contribution in [1.82, 2.24) is 0 Å². The number of hydrogen-bond acceptors (Lipinski definition) is 3. The van der Waals surface area contributed by atoms with Crippen molar-refractivity contribution in [2.45, 2.75) is 25.7 Å². The molecule has 1 aliphatic heterocycles. The van der Waals surface area contributed by atoms with Crippen molar-refractivity contribution in [3.8, 4) is 5.75 Å². The minimum atomic E-state index is 0.770. The summed E-state index contributed by atoms with van der Waals surface area (Å²) in [7, 11) is 1.66. The minimum absolute atomic E-state index is 0.770. The van der Waals surface area contributed by atoms with Crippen LogP contribution in [0.4, 0.5) is 11.4 Å². The molecule has 1 fully saturated rings. The average Bonchev–Trinajstić information content (AvgIpc) is 2.58. The van der Waals surface area contributed by atoms with Crippen molar-refractivity contribution in [3.05, 3.63) is 18.2 Å². The summed E-state index contributed by atoms with van der Waals surface area (Å²) in [6, 6.07) is 6.01. The average molecular weight is 220 g/mol. The second-order valence-corrected chi connectivity index (χ2v) is 4.29. The molecule has 3 heteroatoms. The number of rotatable bonds is 2. The first-order valence-corrected chi connectivity index (χ1v) is 6.00. The normalized spacial score (nSPS) is 16.9. The van der Waals surface area contributed by atoms with Crippen LogP contribution in [0.5, 0.6) is 5.75 Å². The molecule has 88 valence electrons. The van der Waals surface area contributed by atoms with Crippen LogP contribution in [-0.2, 0) is 0 Å². The number of benzene rings is 1. The lowest BCUT2D eigenvalue weighted by Gasteiger charge is -2.24. The maximum Gasteiger partial charge on any atom is 0.143 e. The summed E-state index contributed by atoms with van der Waals surface area (Å²) in [6.45, 7) is 2.22. The smallest absolute Gasteiger partial charge is 0.143 e. The summed E-state index contributed by atoms with van der Waals surface area (Å²) >= 11 is 0. The van der Waals surface area contributed by atoms with E-state index >= 15 is 0 Å². The lowest BCUT2D eigenvalue weighted by Crippen LogP contribution is -2.24. The molecule has 3 nitrogen and oxygen atoms in total. The second-order valence-electron chi connectivity index (χ2n) is 4.29. The van der Waals surface area contributed by atoms with Gasteiger partial charge in [-0.1, -0.05) is 18.9 Å². The summed E-state index contributed by atoms with van der Waals surface area (Å²) in [5, 5.41) is 0. The Morgan fingerprint density at radius 1 is 1.12 bits per heavy atom. The van der Waals surface area contributed by atoms with Gasteiger partial charge in [0.2, 0.25) is 0 Å². The van der Waals surface area contributed by atoms with Crippen LogP contribution in [0.1, 0.15) is 25.7 Å². The Kier molecular flexibility index (Phi) is 3.54. The quantitative estimate of drug-likeness (QED) is 0.779. The van der Waals surface area contributed by atoms with E-state index in [4.69, 9.17) is 10.5 Å². The Balaban J connectivity index is 2.24. The first kappa shape index (κ1) is 11.1. The number of ether oxygens (including phenoxy) is 1. The van der Waals surface area contributed by atoms with Gasteiger partial charge in [-0.25, -0.2) is 0 Å². The van der Waals surface area contributed by atoms with Gasteiger partial charge in [0.25, 0.3) is 0 Å². The Morgan fingerprint density at radius 3 is 2.44 bits per heavy atom. The number of anilines is 2. The van der Waals surface area contributed by atoms with Crippen molar-refractivity contribution >= 4 is 11.4 Å². The van der Waals surface area contributed by atoms with Gasteiger partial charge < -0.3 is 15.4 Å². The molecule has 0 aliphatic carbocycles. The number of nitrogens with zero attached hydrogens (tertiary/aromatic N) is 1. The van der Waals surface area contributed by atoms with E-state index in [1.54, 1.807) is 7.11 Å². The molecule has 0 radical (unpaired) electrons. The Bertz CT molecular complexity index is 344. The van der Waals surface area contributed by atoms with Crippen molar-refractivity contribution in [1.29, 1.82) is 0 Å². The Labute approximate surface area is 97.2 Å². The van der Waals surface area contributed by atoms with Crippen LogP contribution in [0.25, 0.3) is 0 Å². The Hall–Kier alpha value is -1.38. The fourth-order valence-corrected chi connectivity index (χ4v) is 2.30. The molecule has 1 aromatic carbocycles. The highest BCUT2D eigenvalue weighted by molar-refractivity contribution is 5.74. The molecule has 1 aromatic rings. The van der Waals surface area contributed by atoms with E-state index in [-0.39, 0.29) is 0 Å². The number of para-hydroxylation sites is 1. The van der Waals surface area contributed by atoms with Crippen molar-refractivity contribution in [2.75, 3.05) is 30.8 Å². The zero-order chi connectivity index (χ0) is 11.4. The van der Waals surface area contributed by atoms with Crippen LogP contribution in [0.3, 0.4) is 0 Å². The predicted octanol–water partition coefficient (Wildman–Crippen LogP) is 2.66. The van der Waals surface area contributed by atoms with Crippen molar-refractivity contribution in [3.63, 3.8) is 0 Å². The molecule has 16 heavy (non-hydrogen) atoms. The van der Waals surface area contributed by atoms with E-state index in [0.717, 1.165) is 30.2 Å². The molecule has 0 amide bonds. The van der Waals surface area contributed by atoms with Gasteiger partial charge in [0.05, 0.1) is 18.5 Å². The maximum absolute atomic E-state index is 6.11. The van der Waals surface area contributed by atoms with E-state index in [9.17, 15) is 0 Å². The fraction of sp³-hybridized carbons (Fsp3) is 0.538. The van der Waals surface area contributed by atoms with Crippen molar-refractivity contribution < 1.29 is 4.74 Å². The molecule has 1 saturated heterocycles. The summed E-state index contributed by atoms with van der Waals surface area (Å²) in [4.78, 5) is 2.38.